The van der Waals surface area contributed by atoms with Gasteiger partial charge in [-0.3, -0.25) is 0 Å². The van der Waals surface area contributed by atoms with Gasteiger partial charge in [0.15, 0.2) is 0 Å². The number of halogens is 1. The normalized spacial score (nSPS) is 12.1. The first-order chi connectivity index (χ1) is 6.69. The van der Waals surface area contributed by atoms with Crippen LogP contribution in [0.15, 0.2) is 18.2 Å². The Kier molecular flexibility index (Phi) is 3.90. The molecule has 0 aromatic heterocycles. The van der Waals surface area contributed by atoms with Crippen molar-refractivity contribution in [1.82, 2.24) is 0 Å². The molecule has 3 N–H and O–H groups in total. The van der Waals surface area contributed by atoms with Crippen LogP contribution in [0.1, 0.15) is 23.6 Å². The van der Waals surface area contributed by atoms with Gasteiger partial charge in [-0.15, -0.1) is 0 Å². The summed E-state index contributed by atoms with van der Waals surface area (Å²) in [5, 5.41) is 18.1. The summed E-state index contributed by atoms with van der Waals surface area (Å²) in [6, 6.07) is 6.74. The van der Waals surface area contributed by atoms with Crippen LogP contribution in [-0.4, -0.2) is 5.11 Å². The molecule has 0 aliphatic rings. The second-order valence-corrected chi connectivity index (χ2v) is 3.41. The summed E-state index contributed by atoms with van der Waals surface area (Å²) in [4.78, 5) is 0. The molecule has 4 heteroatoms. The van der Waals surface area contributed by atoms with Crippen molar-refractivity contribution in [2.45, 2.75) is 19.1 Å². The molecular formula is C10H11ClN2O. The number of nitrogens with two attached hydrogens (primary N) is 1. The van der Waals surface area contributed by atoms with Gasteiger partial charge in [0.05, 0.1) is 19.1 Å². The Hall–Kier alpha value is -1.08. The van der Waals surface area contributed by atoms with E-state index in [0.717, 1.165) is 5.56 Å². The van der Waals surface area contributed by atoms with Crippen molar-refractivity contribution in [3.8, 4) is 6.07 Å². The summed E-state index contributed by atoms with van der Waals surface area (Å²) >= 11 is 5.76. The number of nitriles is 1. The molecule has 14 heavy (non-hydrogen) atoms. The molecule has 0 fully saturated rings. The monoisotopic (exact) mass is 210 g/mol. The first-order valence-electron chi connectivity index (χ1n) is 4.20. The number of aliphatic hydroxyl groups excluding tert-OH is 1. The predicted molar refractivity (Wildman–Crippen MR) is 54.5 cm³/mol. The van der Waals surface area contributed by atoms with Crippen molar-refractivity contribution in [3.63, 3.8) is 0 Å². The summed E-state index contributed by atoms with van der Waals surface area (Å²) in [6.07, 6.45) is 0.231. The molecule has 0 aliphatic heterocycles. The van der Waals surface area contributed by atoms with Crippen LogP contribution in [0.25, 0.3) is 0 Å². The lowest BCUT2D eigenvalue weighted by Crippen LogP contribution is -2.11. The SMILES string of the molecule is N#CC[C@H](N)c1ccc(Cl)cc1CO. The molecule has 0 aliphatic carbocycles. The summed E-state index contributed by atoms with van der Waals surface area (Å²) in [6.45, 7) is -0.116. The van der Waals surface area contributed by atoms with Gasteiger partial charge >= 0.3 is 0 Å². The molecule has 1 aromatic carbocycles. The molecule has 74 valence electrons. The largest absolute Gasteiger partial charge is 0.392 e. The molecule has 0 unspecified atom stereocenters. The summed E-state index contributed by atoms with van der Waals surface area (Å²) in [5.74, 6) is 0. The smallest absolute Gasteiger partial charge is 0.0685 e. The molecule has 0 bridgehead atoms. The van der Waals surface area contributed by atoms with E-state index in [2.05, 4.69) is 0 Å². The maximum atomic E-state index is 9.06. The van der Waals surface area contributed by atoms with E-state index in [-0.39, 0.29) is 19.1 Å². The number of benzene rings is 1. The third-order valence-corrected chi connectivity index (χ3v) is 2.22. The standard InChI is InChI=1S/C10H11ClN2O/c11-8-1-2-9(7(5-8)6-14)10(13)3-4-12/h1-2,5,10,14H,3,6,13H2/t10-/m0/s1. The van der Waals surface area contributed by atoms with Gasteiger partial charge in [0.25, 0.3) is 0 Å². The quantitative estimate of drug-likeness (QED) is 0.799. The van der Waals surface area contributed by atoms with Crippen LogP contribution in [0, 0.1) is 11.3 Å². The minimum absolute atomic E-state index is 0.116. The second-order valence-electron chi connectivity index (χ2n) is 2.97. The molecule has 1 aromatic rings. The topological polar surface area (TPSA) is 70.0 Å². The van der Waals surface area contributed by atoms with Gasteiger partial charge in [-0.1, -0.05) is 17.7 Å². The van der Waals surface area contributed by atoms with Gasteiger partial charge in [0, 0.05) is 11.1 Å². The van der Waals surface area contributed by atoms with E-state index in [4.69, 9.17) is 27.7 Å². The third-order valence-electron chi connectivity index (χ3n) is 1.99. The lowest BCUT2D eigenvalue weighted by atomic mass is 9.99. The zero-order valence-corrected chi connectivity index (χ0v) is 8.33. The van der Waals surface area contributed by atoms with E-state index in [1.807, 2.05) is 6.07 Å². The molecule has 0 saturated heterocycles. The predicted octanol–water partition coefficient (Wildman–Crippen LogP) is 1.75. The van der Waals surface area contributed by atoms with Crippen molar-refractivity contribution < 1.29 is 5.11 Å². The Morgan fingerprint density at radius 2 is 2.29 bits per heavy atom. The van der Waals surface area contributed by atoms with E-state index < -0.39 is 0 Å². The van der Waals surface area contributed by atoms with Gasteiger partial charge in [-0.05, 0) is 23.3 Å². The van der Waals surface area contributed by atoms with Crippen LogP contribution in [0.2, 0.25) is 5.02 Å². The Bertz CT molecular complexity index is 360. The Morgan fingerprint density at radius 1 is 1.57 bits per heavy atom. The highest BCUT2D eigenvalue weighted by molar-refractivity contribution is 6.30. The molecule has 1 rings (SSSR count). The molecule has 0 spiro atoms. The van der Waals surface area contributed by atoms with E-state index in [1.165, 1.54) is 0 Å². The highest BCUT2D eigenvalue weighted by Crippen LogP contribution is 2.22. The first-order valence-corrected chi connectivity index (χ1v) is 4.58. The summed E-state index contributed by atoms with van der Waals surface area (Å²) in [5.41, 5.74) is 7.21. The van der Waals surface area contributed by atoms with E-state index in [0.29, 0.717) is 10.6 Å². The lowest BCUT2D eigenvalue weighted by Gasteiger charge is -2.12. The number of nitrogens with zero attached hydrogens (tertiary/aromatic N) is 1. The van der Waals surface area contributed by atoms with Gasteiger partial charge in [0.2, 0.25) is 0 Å². The highest BCUT2D eigenvalue weighted by atomic mass is 35.5. The number of rotatable bonds is 3. The van der Waals surface area contributed by atoms with Gasteiger partial charge < -0.3 is 10.8 Å². The fourth-order valence-corrected chi connectivity index (χ4v) is 1.48. The minimum Gasteiger partial charge on any atom is -0.392 e. The molecule has 0 radical (unpaired) electrons. The molecular weight excluding hydrogens is 200 g/mol. The number of hydrogen-bond acceptors (Lipinski definition) is 3. The Morgan fingerprint density at radius 3 is 2.86 bits per heavy atom. The van der Waals surface area contributed by atoms with Crippen molar-refractivity contribution in [2.24, 2.45) is 5.73 Å². The summed E-state index contributed by atoms with van der Waals surface area (Å²) in [7, 11) is 0. The van der Waals surface area contributed by atoms with Crippen molar-refractivity contribution in [1.29, 1.82) is 5.26 Å². The average Bonchev–Trinajstić information content (AvgIpc) is 2.17. The lowest BCUT2D eigenvalue weighted by molar-refractivity contribution is 0.280. The molecule has 1 atom stereocenters. The number of aliphatic hydroxyl groups is 1. The van der Waals surface area contributed by atoms with Crippen LogP contribution < -0.4 is 5.73 Å². The highest BCUT2D eigenvalue weighted by Gasteiger charge is 2.10. The van der Waals surface area contributed by atoms with Crippen molar-refractivity contribution in [3.05, 3.63) is 34.3 Å². The maximum Gasteiger partial charge on any atom is 0.0685 e. The van der Waals surface area contributed by atoms with Crippen LogP contribution in [0.3, 0.4) is 0 Å². The number of hydrogen-bond donors (Lipinski definition) is 2. The van der Waals surface area contributed by atoms with Crippen LogP contribution >= 0.6 is 11.6 Å². The Balaban J connectivity index is 3.02. The molecule has 0 saturated carbocycles. The van der Waals surface area contributed by atoms with E-state index >= 15 is 0 Å². The van der Waals surface area contributed by atoms with Crippen molar-refractivity contribution >= 4 is 11.6 Å². The minimum atomic E-state index is -0.362. The van der Waals surface area contributed by atoms with Gasteiger partial charge in [-0.2, -0.15) is 5.26 Å². The van der Waals surface area contributed by atoms with Gasteiger partial charge in [0.1, 0.15) is 0 Å². The summed E-state index contributed by atoms with van der Waals surface area (Å²) < 4.78 is 0. The Labute approximate surface area is 87.7 Å². The molecule has 0 amide bonds. The fraction of sp³-hybridized carbons (Fsp3) is 0.300. The van der Waals surface area contributed by atoms with Gasteiger partial charge in [-0.25, -0.2) is 0 Å². The molecule has 3 nitrogen and oxygen atoms in total. The molecule has 0 heterocycles. The van der Waals surface area contributed by atoms with Crippen LogP contribution in [0.4, 0.5) is 0 Å². The van der Waals surface area contributed by atoms with E-state index in [1.54, 1.807) is 18.2 Å². The maximum absolute atomic E-state index is 9.06. The van der Waals surface area contributed by atoms with Crippen molar-refractivity contribution in [2.75, 3.05) is 0 Å². The average molecular weight is 211 g/mol. The third kappa shape index (κ3) is 2.46. The van der Waals surface area contributed by atoms with Crippen LogP contribution in [-0.2, 0) is 6.61 Å². The van der Waals surface area contributed by atoms with E-state index in [9.17, 15) is 0 Å². The first kappa shape index (κ1) is 11.0. The fourth-order valence-electron chi connectivity index (χ4n) is 1.28. The van der Waals surface area contributed by atoms with Crippen LogP contribution in [0.5, 0.6) is 0 Å². The second kappa shape index (κ2) is 4.97. The zero-order valence-electron chi connectivity index (χ0n) is 7.57. The zero-order chi connectivity index (χ0) is 10.6.